The molecule has 2 aromatic carbocycles. The van der Waals surface area contributed by atoms with Gasteiger partial charge in [0.2, 0.25) is 15.9 Å². The summed E-state index contributed by atoms with van der Waals surface area (Å²) in [4.78, 5) is 21.7. The normalized spacial score (nSPS) is 18.4. The lowest BCUT2D eigenvalue weighted by molar-refractivity contribution is -0.137. The number of rotatable bonds is 4. The summed E-state index contributed by atoms with van der Waals surface area (Å²) in [6.07, 6.45) is 4.68. The van der Waals surface area contributed by atoms with E-state index in [9.17, 15) is 13.2 Å². The Labute approximate surface area is 208 Å². The van der Waals surface area contributed by atoms with Crippen molar-refractivity contribution in [2.75, 3.05) is 44.2 Å². The zero-order valence-corrected chi connectivity index (χ0v) is 21.2. The molecule has 34 heavy (non-hydrogen) atoms. The fourth-order valence-corrected chi connectivity index (χ4v) is 6.73. The molecule has 0 N–H and O–H groups in total. The van der Waals surface area contributed by atoms with Crippen LogP contribution in [0.25, 0.3) is 10.8 Å². The van der Waals surface area contributed by atoms with Gasteiger partial charge in [0.15, 0.2) is 0 Å². The quantitative estimate of drug-likeness (QED) is 0.502. The van der Waals surface area contributed by atoms with Crippen LogP contribution < -0.4 is 4.90 Å². The van der Waals surface area contributed by atoms with E-state index in [1.807, 2.05) is 41.3 Å². The van der Waals surface area contributed by atoms with Crippen LogP contribution in [-0.4, -0.2) is 67.8 Å². The number of carbonyl (C=O) groups is 1. The monoisotopic (exact) mass is 542 g/mol. The molecular formula is C25H27BrN4O3S. The Kier molecular flexibility index (Phi) is 6.59. The molecular weight excluding hydrogens is 516 g/mol. The molecule has 0 spiro atoms. The van der Waals surface area contributed by atoms with Crippen LogP contribution in [0.1, 0.15) is 12.8 Å². The van der Waals surface area contributed by atoms with Crippen molar-refractivity contribution in [1.82, 2.24) is 14.2 Å². The maximum atomic E-state index is 13.3. The third kappa shape index (κ3) is 4.69. The molecule has 3 aromatic rings. The van der Waals surface area contributed by atoms with Gasteiger partial charge in [-0.15, -0.1) is 0 Å². The van der Waals surface area contributed by atoms with Gasteiger partial charge in [-0.1, -0.05) is 28.1 Å². The van der Waals surface area contributed by atoms with Gasteiger partial charge in [-0.05, 0) is 60.0 Å². The highest BCUT2D eigenvalue weighted by Gasteiger charge is 2.34. The number of sulfonamides is 1. The molecule has 2 aliphatic heterocycles. The van der Waals surface area contributed by atoms with Gasteiger partial charge in [-0.2, -0.15) is 4.31 Å². The van der Waals surface area contributed by atoms with Crippen LogP contribution >= 0.6 is 15.9 Å². The number of anilines is 1. The number of nitrogens with zero attached hydrogens (tertiary/aromatic N) is 4. The number of benzene rings is 2. The summed E-state index contributed by atoms with van der Waals surface area (Å²) in [6.45, 7) is 3.70. The number of piperazine rings is 1. The minimum absolute atomic E-state index is 0.118. The summed E-state index contributed by atoms with van der Waals surface area (Å²) >= 11 is 3.45. The number of aromatic nitrogens is 1. The molecule has 0 bridgehead atoms. The Morgan fingerprint density at radius 2 is 1.50 bits per heavy atom. The zero-order valence-electron chi connectivity index (χ0n) is 18.8. The molecule has 3 heterocycles. The number of halogens is 1. The van der Waals surface area contributed by atoms with Crippen LogP contribution in [0.2, 0.25) is 0 Å². The van der Waals surface area contributed by atoms with E-state index in [2.05, 4.69) is 25.8 Å². The average molecular weight is 543 g/mol. The van der Waals surface area contributed by atoms with Crippen LogP contribution in [0.3, 0.4) is 0 Å². The van der Waals surface area contributed by atoms with E-state index in [0.717, 1.165) is 34.0 Å². The topological polar surface area (TPSA) is 73.8 Å². The van der Waals surface area contributed by atoms with E-state index < -0.39 is 10.0 Å². The highest BCUT2D eigenvalue weighted by atomic mass is 79.9. The highest BCUT2D eigenvalue weighted by molar-refractivity contribution is 9.10. The van der Waals surface area contributed by atoms with Gasteiger partial charge in [-0.3, -0.25) is 9.78 Å². The van der Waals surface area contributed by atoms with Crippen molar-refractivity contribution in [3.05, 3.63) is 65.4 Å². The average Bonchev–Trinajstić information content (AvgIpc) is 2.88. The second-order valence-electron chi connectivity index (χ2n) is 8.85. The molecule has 7 nitrogen and oxygen atoms in total. The first-order valence-corrected chi connectivity index (χ1v) is 13.8. The molecule has 0 atom stereocenters. The van der Waals surface area contributed by atoms with Crippen molar-refractivity contribution in [1.29, 1.82) is 0 Å². The molecule has 1 amide bonds. The maximum Gasteiger partial charge on any atom is 0.243 e. The van der Waals surface area contributed by atoms with Gasteiger partial charge >= 0.3 is 0 Å². The summed E-state index contributed by atoms with van der Waals surface area (Å²) in [6, 6.07) is 15.0. The fourth-order valence-electron chi connectivity index (χ4n) is 4.85. The van der Waals surface area contributed by atoms with Crippen molar-refractivity contribution >= 4 is 48.3 Å². The molecule has 9 heteroatoms. The lowest BCUT2D eigenvalue weighted by Gasteiger charge is -2.39. The smallest absolute Gasteiger partial charge is 0.243 e. The van der Waals surface area contributed by atoms with E-state index in [0.29, 0.717) is 43.9 Å². The van der Waals surface area contributed by atoms with Crippen LogP contribution in [0.4, 0.5) is 5.69 Å². The number of fused-ring (bicyclic) bond motifs is 1. The summed E-state index contributed by atoms with van der Waals surface area (Å²) < 4.78 is 29.0. The molecule has 5 rings (SSSR count). The Balaban J connectivity index is 1.19. The molecule has 1 aromatic heterocycles. The molecule has 2 saturated heterocycles. The zero-order chi connectivity index (χ0) is 23.7. The highest BCUT2D eigenvalue weighted by Crippen LogP contribution is 2.28. The fraction of sp³-hybridized carbons (Fsp3) is 0.360. The largest absolute Gasteiger partial charge is 0.368 e. The standard InChI is InChI=1S/C25H27BrN4O3S/c26-22-3-1-21-18-24(4-2-20(21)17-22)34(32,33)30-11-7-19(8-12-30)25(31)29-15-13-28(14-16-29)23-5-9-27-10-6-23/h1-6,9-10,17-19H,7-8,11-16H2. The molecule has 0 radical (unpaired) electrons. The lowest BCUT2D eigenvalue weighted by Crippen LogP contribution is -2.52. The van der Waals surface area contributed by atoms with E-state index in [1.54, 1.807) is 24.5 Å². The van der Waals surface area contributed by atoms with Gasteiger partial charge in [-0.25, -0.2) is 8.42 Å². The van der Waals surface area contributed by atoms with Crippen molar-refractivity contribution < 1.29 is 13.2 Å². The predicted octanol–water partition coefficient (Wildman–Crippen LogP) is 3.75. The van der Waals surface area contributed by atoms with Gasteiger partial charge < -0.3 is 9.80 Å². The maximum absolute atomic E-state index is 13.3. The predicted molar refractivity (Wildman–Crippen MR) is 136 cm³/mol. The number of hydrogen-bond acceptors (Lipinski definition) is 5. The summed E-state index contributed by atoms with van der Waals surface area (Å²) in [7, 11) is -3.59. The molecule has 0 unspecified atom stereocenters. The van der Waals surface area contributed by atoms with Crippen molar-refractivity contribution in [2.24, 2.45) is 5.92 Å². The van der Waals surface area contributed by atoms with E-state index in [-0.39, 0.29) is 11.8 Å². The number of hydrogen-bond donors (Lipinski definition) is 0. The summed E-state index contributed by atoms with van der Waals surface area (Å²) in [5.74, 6) is 0.0376. The van der Waals surface area contributed by atoms with Crippen LogP contribution in [0.15, 0.2) is 70.3 Å². The van der Waals surface area contributed by atoms with Crippen molar-refractivity contribution in [3.8, 4) is 0 Å². The van der Waals surface area contributed by atoms with E-state index in [1.165, 1.54) is 4.31 Å². The number of amides is 1. The first kappa shape index (κ1) is 23.3. The summed E-state index contributed by atoms with van der Waals surface area (Å²) in [5, 5.41) is 1.88. The Morgan fingerprint density at radius 1 is 0.853 bits per heavy atom. The third-order valence-corrected chi connectivity index (χ3v) is 9.22. The second-order valence-corrected chi connectivity index (χ2v) is 11.7. The van der Waals surface area contributed by atoms with Crippen LogP contribution in [0.5, 0.6) is 0 Å². The summed E-state index contributed by atoms with van der Waals surface area (Å²) in [5.41, 5.74) is 1.13. The van der Waals surface area contributed by atoms with Crippen molar-refractivity contribution in [3.63, 3.8) is 0 Å². The molecule has 0 aliphatic carbocycles. The van der Waals surface area contributed by atoms with Gasteiger partial charge in [0.25, 0.3) is 0 Å². The molecule has 0 saturated carbocycles. The minimum atomic E-state index is -3.59. The Hall–Kier alpha value is -2.49. The number of piperidine rings is 1. The second kappa shape index (κ2) is 9.64. The molecule has 2 aliphatic rings. The van der Waals surface area contributed by atoms with Crippen LogP contribution in [-0.2, 0) is 14.8 Å². The van der Waals surface area contributed by atoms with Crippen molar-refractivity contribution in [2.45, 2.75) is 17.7 Å². The third-order valence-electron chi connectivity index (χ3n) is 6.83. The van der Waals surface area contributed by atoms with Crippen LogP contribution in [0, 0.1) is 5.92 Å². The number of pyridine rings is 1. The number of carbonyl (C=O) groups excluding carboxylic acids is 1. The lowest BCUT2D eigenvalue weighted by atomic mass is 9.96. The van der Waals surface area contributed by atoms with Gasteiger partial charge in [0.1, 0.15) is 0 Å². The molecule has 178 valence electrons. The van der Waals surface area contributed by atoms with E-state index >= 15 is 0 Å². The Morgan fingerprint density at radius 3 is 2.21 bits per heavy atom. The first-order chi connectivity index (χ1) is 16.4. The minimum Gasteiger partial charge on any atom is -0.368 e. The molecule has 2 fully saturated rings. The Bertz CT molecular complexity index is 1290. The van der Waals surface area contributed by atoms with Gasteiger partial charge in [0, 0.05) is 67.7 Å². The van der Waals surface area contributed by atoms with Gasteiger partial charge in [0.05, 0.1) is 4.90 Å². The van der Waals surface area contributed by atoms with E-state index in [4.69, 9.17) is 0 Å². The first-order valence-electron chi connectivity index (χ1n) is 11.5. The SMILES string of the molecule is O=C(C1CCN(S(=O)(=O)c2ccc3cc(Br)ccc3c2)CC1)N1CCN(c2ccncc2)CC1.